The van der Waals surface area contributed by atoms with Crippen molar-refractivity contribution in [3.8, 4) is 23.8 Å². The van der Waals surface area contributed by atoms with Crippen LogP contribution in [0.3, 0.4) is 0 Å². The lowest BCUT2D eigenvalue weighted by Gasteiger charge is -2.15. The van der Waals surface area contributed by atoms with E-state index in [4.69, 9.17) is 28.1 Å². The average Bonchev–Trinajstić information content (AvgIpc) is 2.45. The minimum atomic E-state index is 0.233. The molecular weight excluding hydrogens is 270 g/mol. The van der Waals surface area contributed by atoms with Crippen LogP contribution >= 0.6 is 12.2 Å². The van der Waals surface area contributed by atoms with E-state index in [-0.39, 0.29) is 12.5 Å². The monoisotopic (exact) mass is 291 g/mol. The second-order valence-electron chi connectivity index (χ2n) is 4.48. The Morgan fingerprint density at radius 2 is 2.20 bits per heavy atom. The molecule has 0 saturated heterocycles. The van der Waals surface area contributed by atoms with Gasteiger partial charge in [0.25, 0.3) is 0 Å². The minimum Gasteiger partial charge on any atom is -0.493 e. The van der Waals surface area contributed by atoms with Gasteiger partial charge in [-0.1, -0.05) is 31.1 Å². The van der Waals surface area contributed by atoms with Gasteiger partial charge in [0.15, 0.2) is 11.5 Å². The predicted molar refractivity (Wildman–Crippen MR) is 86.5 cm³/mol. The van der Waals surface area contributed by atoms with Gasteiger partial charge < -0.3 is 14.8 Å². The molecule has 0 aromatic heterocycles. The summed E-state index contributed by atoms with van der Waals surface area (Å²) in [7, 11) is 1.62. The summed E-state index contributed by atoms with van der Waals surface area (Å²) < 4.78 is 10.8. The fourth-order valence-electron chi connectivity index (χ4n) is 1.87. The van der Waals surface area contributed by atoms with Crippen molar-refractivity contribution in [2.75, 3.05) is 20.3 Å². The summed E-state index contributed by atoms with van der Waals surface area (Å²) in [5.74, 6) is 4.08. The van der Waals surface area contributed by atoms with E-state index in [1.165, 1.54) is 0 Å². The third-order valence-corrected chi connectivity index (χ3v) is 3.43. The molecule has 0 aliphatic rings. The second kappa shape index (κ2) is 8.44. The molecule has 0 saturated carbocycles. The zero-order valence-corrected chi connectivity index (χ0v) is 13.0. The van der Waals surface area contributed by atoms with Crippen LogP contribution in [0.1, 0.15) is 19.4 Å². The molecule has 1 rings (SSSR count). The van der Waals surface area contributed by atoms with E-state index < -0.39 is 0 Å². The van der Waals surface area contributed by atoms with E-state index in [0.29, 0.717) is 11.5 Å². The molecule has 0 heterocycles. The summed E-state index contributed by atoms with van der Waals surface area (Å²) >= 11 is 5.33. The molecule has 1 aromatic carbocycles. The van der Waals surface area contributed by atoms with Crippen molar-refractivity contribution in [1.29, 1.82) is 0 Å². The first-order chi connectivity index (χ1) is 9.62. The third kappa shape index (κ3) is 4.75. The van der Waals surface area contributed by atoms with Gasteiger partial charge in [-0.25, -0.2) is 0 Å². The number of methoxy groups -OCH3 is 1. The maximum absolute atomic E-state index is 5.42. The first kappa shape index (κ1) is 16.3. The van der Waals surface area contributed by atoms with Crippen LogP contribution in [0.4, 0.5) is 0 Å². The van der Waals surface area contributed by atoms with E-state index in [1.54, 1.807) is 7.11 Å². The first-order valence-corrected chi connectivity index (χ1v) is 7.04. The van der Waals surface area contributed by atoms with Gasteiger partial charge in [-0.15, -0.1) is 6.42 Å². The fourth-order valence-corrected chi connectivity index (χ4v) is 2.10. The van der Waals surface area contributed by atoms with Crippen LogP contribution in [0.5, 0.6) is 11.5 Å². The highest BCUT2D eigenvalue weighted by Crippen LogP contribution is 2.29. The SMILES string of the molecule is C#CCOc1ccc(CC(C)C(=S)NCC)cc1OC. The molecule has 4 heteroatoms. The van der Waals surface area contributed by atoms with Crippen LogP contribution in [0.15, 0.2) is 18.2 Å². The molecule has 0 aliphatic heterocycles. The molecule has 1 unspecified atom stereocenters. The molecule has 0 spiro atoms. The fraction of sp³-hybridized carbons (Fsp3) is 0.438. The summed E-state index contributed by atoms with van der Waals surface area (Å²) in [5, 5.41) is 3.19. The normalized spacial score (nSPS) is 11.3. The summed E-state index contributed by atoms with van der Waals surface area (Å²) in [6, 6.07) is 5.87. The largest absolute Gasteiger partial charge is 0.493 e. The lowest BCUT2D eigenvalue weighted by atomic mass is 10.0. The van der Waals surface area contributed by atoms with Crippen LogP contribution < -0.4 is 14.8 Å². The van der Waals surface area contributed by atoms with Gasteiger partial charge in [-0.2, -0.15) is 0 Å². The Hall–Kier alpha value is -1.73. The number of terminal acetylenes is 1. The van der Waals surface area contributed by atoms with Gasteiger partial charge in [0.2, 0.25) is 0 Å². The maximum Gasteiger partial charge on any atom is 0.162 e. The zero-order chi connectivity index (χ0) is 15.0. The van der Waals surface area contributed by atoms with Crippen molar-refractivity contribution < 1.29 is 9.47 Å². The lowest BCUT2D eigenvalue weighted by Crippen LogP contribution is -2.28. The topological polar surface area (TPSA) is 30.5 Å². The Morgan fingerprint density at radius 3 is 2.80 bits per heavy atom. The van der Waals surface area contributed by atoms with Crippen molar-refractivity contribution in [2.24, 2.45) is 5.92 Å². The summed E-state index contributed by atoms with van der Waals surface area (Å²) in [6.45, 7) is 5.24. The van der Waals surface area contributed by atoms with E-state index >= 15 is 0 Å². The third-order valence-electron chi connectivity index (χ3n) is 2.88. The van der Waals surface area contributed by atoms with Crippen molar-refractivity contribution >= 4 is 17.2 Å². The average molecular weight is 291 g/mol. The molecule has 1 N–H and O–H groups in total. The number of hydrogen-bond acceptors (Lipinski definition) is 3. The molecule has 0 fully saturated rings. The Balaban J connectivity index is 2.77. The Kier molecular flexibility index (Phi) is 6.89. The van der Waals surface area contributed by atoms with Crippen LogP contribution in [0.25, 0.3) is 0 Å². The van der Waals surface area contributed by atoms with E-state index in [1.807, 2.05) is 25.1 Å². The quantitative estimate of drug-likeness (QED) is 0.618. The molecule has 0 amide bonds. The minimum absolute atomic E-state index is 0.233. The van der Waals surface area contributed by atoms with Gasteiger partial charge in [0.05, 0.1) is 12.1 Å². The van der Waals surface area contributed by atoms with Crippen LogP contribution in [0.2, 0.25) is 0 Å². The van der Waals surface area contributed by atoms with Gasteiger partial charge in [-0.3, -0.25) is 0 Å². The summed E-state index contributed by atoms with van der Waals surface area (Å²) in [5.41, 5.74) is 1.16. The number of benzene rings is 1. The predicted octanol–water partition coefficient (Wildman–Crippen LogP) is 2.82. The van der Waals surface area contributed by atoms with E-state index in [2.05, 4.69) is 18.2 Å². The van der Waals surface area contributed by atoms with Crippen LogP contribution in [-0.2, 0) is 6.42 Å². The zero-order valence-electron chi connectivity index (χ0n) is 12.2. The van der Waals surface area contributed by atoms with Crippen LogP contribution in [-0.4, -0.2) is 25.2 Å². The molecule has 0 aliphatic carbocycles. The first-order valence-electron chi connectivity index (χ1n) is 6.63. The Bertz CT molecular complexity index is 494. The van der Waals surface area contributed by atoms with Gasteiger partial charge in [0.1, 0.15) is 6.61 Å². The number of rotatable bonds is 7. The molecule has 20 heavy (non-hydrogen) atoms. The van der Waals surface area contributed by atoms with Crippen molar-refractivity contribution in [3.05, 3.63) is 23.8 Å². The molecule has 0 bridgehead atoms. The van der Waals surface area contributed by atoms with Crippen molar-refractivity contribution in [1.82, 2.24) is 5.32 Å². The van der Waals surface area contributed by atoms with Gasteiger partial charge in [-0.05, 0) is 31.0 Å². The van der Waals surface area contributed by atoms with Crippen molar-refractivity contribution in [2.45, 2.75) is 20.3 Å². The highest BCUT2D eigenvalue weighted by atomic mass is 32.1. The van der Waals surface area contributed by atoms with Gasteiger partial charge in [0, 0.05) is 12.5 Å². The maximum atomic E-state index is 5.42. The lowest BCUT2D eigenvalue weighted by molar-refractivity contribution is 0.330. The van der Waals surface area contributed by atoms with Crippen molar-refractivity contribution in [3.63, 3.8) is 0 Å². The smallest absolute Gasteiger partial charge is 0.162 e. The highest BCUT2D eigenvalue weighted by molar-refractivity contribution is 7.80. The highest BCUT2D eigenvalue weighted by Gasteiger charge is 2.11. The Labute approximate surface area is 126 Å². The number of nitrogens with one attached hydrogen (secondary N) is 1. The standard InChI is InChI=1S/C16H21NO2S/c1-5-9-19-14-8-7-13(11-15(14)18-4)10-12(3)16(20)17-6-2/h1,7-8,11-12H,6,9-10H2,2-4H3,(H,17,20). The molecule has 3 nitrogen and oxygen atoms in total. The molecule has 1 aromatic rings. The number of ether oxygens (including phenoxy) is 2. The van der Waals surface area contributed by atoms with E-state index in [9.17, 15) is 0 Å². The second-order valence-corrected chi connectivity index (χ2v) is 4.92. The van der Waals surface area contributed by atoms with Gasteiger partial charge >= 0.3 is 0 Å². The summed E-state index contributed by atoms with van der Waals surface area (Å²) in [4.78, 5) is 0.888. The number of hydrogen-bond donors (Lipinski definition) is 1. The molecule has 108 valence electrons. The number of thiocarbonyl (C=S) groups is 1. The molecule has 0 radical (unpaired) electrons. The molecule has 1 atom stereocenters. The van der Waals surface area contributed by atoms with Crippen LogP contribution in [0, 0.1) is 18.3 Å². The summed E-state index contributed by atoms with van der Waals surface area (Å²) in [6.07, 6.45) is 6.05. The van der Waals surface area contributed by atoms with E-state index in [0.717, 1.165) is 23.5 Å². The molecular formula is C16H21NO2S. The Morgan fingerprint density at radius 1 is 1.45 bits per heavy atom.